The summed E-state index contributed by atoms with van der Waals surface area (Å²) in [4.78, 5) is 11.5. The first-order valence-electron chi connectivity index (χ1n) is 4.46. The third kappa shape index (κ3) is 2.96. The number of halogens is 1. The molecule has 0 aliphatic heterocycles. The minimum atomic E-state index is 0.215. The number of hydrogen-bond acceptors (Lipinski definition) is 1. The highest BCUT2D eigenvalue weighted by atomic mass is 79.9. The number of benzene rings is 1. The lowest BCUT2D eigenvalue weighted by molar-refractivity contribution is 0.0990. The molecule has 0 spiro atoms. The van der Waals surface area contributed by atoms with Gasteiger partial charge in [0, 0.05) is 17.3 Å². The van der Waals surface area contributed by atoms with Crippen LogP contribution in [-0.2, 0) is 6.42 Å². The second kappa shape index (κ2) is 5.18. The summed E-state index contributed by atoms with van der Waals surface area (Å²) in [5, 5.41) is 0.738. The molecule has 1 aromatic carbocycles. The van der Waals surface area contributed by atoms with Crippen LogP contribution >= 0.6 is 15.9 Å². The Kier molecular flexibility index (Phi) is 4.16. The van der Waals surface area contributed by atoms with Gasteiger partial charge in [-0.3, -0.25) is 4.79 Å². The van der Waals surface area contributed by atoms with Crippen LogP contribution in [0.2, 0.25) is 0 Å². The molecule has 0 amide bonds. The van der Waals surface area contributed by atoms with Crippen molar-refractivity contribution in [2.45, 2.75) is 19.8 Å². The highest BCUT2D eigenvalue weighted by Crippen LogP contribution is 2.08. The first-order valence-corrected chi connectivity index (χ1v) is 5.58. The van der Waals surface area contributed by atoms with E-state index in [9.17, 15) is 4.79 Å². The zero-order valence-electron chi connectivity index (χ0n) is 7.72. The van der Waals surface area contributed by atoms with Gasteiger partial charge in [-0.1, -0.05) is 41.1 Å². The SMILES string of the molecule is CCc1cccc(C(=O)CCBr)c1. The van der Waals surface area contributed by atoms with Gasteiger partial charge in [0.2, 0.25) is 0 Å². The Morgan fingerprint density at radius 3 is 2.85 bits per heavy atom. The Labute approximate surface area is 87.3 Å². The Balaban J connectivity index is 2.82. The van der Waals surface area contributed by atoms with Crippen LogP contribution in [-0.4, -0.2) is 11.1 Å². The Morgan fingerprint density at radius 2 is 2.23 bits per heavy atom. The molecule has 0 aliphatic rings. The first kappa shape index (κ1) is 10.5. The molecule has 0 bridgehead atoms. The Bertz CT molecular complexity index is 294. The van der Waals surface area contributed by atoms with E-state index in [1.54, 1.807) is 0 Å². The van der Waals surface area contributed by atoms with E-state index in [-0.39, 0.29) is 5.78 Å². The summed E-state index contributed by atoms with van der Waals surface area (Å²) in [7, 11) is 0. The summed E-state index contributed by atoms with van der Waals surface area (Å²) in [5.41, 5.74) is 2.05. The number of rotatable bonds is 4. The summed E-state index contributed by atoms with van der Waals surface area (Å²) in [6.45, 7) is 2.09. The van der Waals surface area contributed by atoms with E-state index in [0.29, 0.717) is 6.42 Å². The fourth-order valence-electron chi connectivity index (χ4n) is 1.19. The first-order chi connectivity index (χ1) is 6.27. The standard InChI is InChI=1S/C11H13BrO/c1-2-9-4-3-5-10(8-9)11(13)6-7-12/h3-5,8H,2,6-7H2,1H3. The van der Waals surface area contributed by atoms with Crippen molar-refractivity contribution in [1.29, 1.82) is 0 Å². The largest absolute Gasteiger partial charge is 0.294 e. The van der Waals surface area contributed by atoms with Gasteiger partial charge < -0.3 is 0 Å². The third-order valence-electron chi connectivity index (χ3n) is 1.98. The van der Waals surface area contributed by atoms with Crippen molar-refractivity contribution in [3.8, 4) is 0 Å². The number of carbonyl (C=O) groups is 1. The minimum absolute atomic E-state index is 0.215. The number of hydrogen-bond donors (Lipinski definition) is 0. The maximum Gasteiger partial charge on any atom is 0.163 e. The van der Waals surface area contributed by atoms with Gasteiger partial charge in [0.1, 0.15) is 0 Å². The van der Waals surface area contributed by atoms with Crippen molar-refractivity contribution in [3.05, 3.63) is 35.4 Å². The molecular weight excluding hydrogens is 228 g/mol. The van der Waals surface area contributed by atoms with E-state index in [1.807, 2.05) is 24.3 Å². The maximum absolute atomic E-state index is 11.5. The average molecular weight is 241 g/mol. The van der Waals surface area contributed by atoms with Gasteiger partial charge in [0.25, 0.3) is 0 Å². The summed E-state index contributed by atoms with van der Waals surface area (Å²) < 4.78 is 0. The van der Waals surface area contributed by atoms with Gasteiger partial charge in [-0.05, 0) is 18.1 Å². The van der Waals surface area contributed by atoms with Gasteiger partial charge in [-0.2, -0.15) is 0 Å². The maximum atomic E-state index is 11.5. The normalized spacial score (nSPS) is 10.0. The van der Waals surface area contributed by atoms with E-state index in [2.05, 4.69) is 22.9 Å². The zero-order chi connectivity index (χ0) is 9.68. The van der Waals surface area contributed by atoms with Crippen molar-refractivity contribution in [3.63, 3.8) is 0 Å². The predicted octanol–water partition coefficient (Wildman–Crippen LogP) is 3.22. The van der Waals surface area contributed by atoms with E-state index in [0.717, 1.165) is 17.3 Å². The van der Waals surface area contributed by atoms with Crippen LogP contribution in [0.4, 0.5) is 0 Å². The molecule has 1 aromatic rings. The van der Waals surface area contributed by atoms with Crippen LogP contribution in [0.5, 0.6) is 0 Å². The van der Waals surface area contributed by atoms with E-state index < -0.39 is 0 Å². The molecule has 0 atom stereocenters. The molecule has 0 heterocycles. The van der Waals surface area contributed by atoms with Gasteiger partial charge in [0.15, 0.2) is 5.78 Å². The molecule has 0 unspecified atom stereocenters. The second-order valence-electron chi connectivity index (χ2n) is 2.92. The Hall–Kier alpha value is -0.630. The zero-order valence-corrected chi connectivity index (χ0v) is 9.30. The summed E-state index contributed by atoms with van der Waals surface area (Å²) in [5.74, 6) is 0.215. The van der Waals surface area contributed by atoms with Crippen molar-refractivity contribution in [2.24, 2.45) is 0 Å². The predicted molar refractivity (Wildman–Crippen MR) is 58.6 cm³/mol. The van der Waals surface area contributed by atoms with E-state index in [1.165, 1.54) is 5.56 Å². The molecule has 1 rings (SSSR count). The van der Waals surface area contributed by atoms with E-state index in [4.69, 9.17) is 0 Å². The van der Waals surface area contributed by atoms with Crippen LogP contribution in [0.25, 0.3) is 0 Å². The quantitative estimate of drug-likeness (QED) is 0.584. The highest BCUT2D eigenvalue weighted by molar-refractivity contribution is 9.09. The third-order valence-corrected chi connectivity index (χ3v) is 2.38. The van der Waals surface area contributed by atoms with Crippen LogP contribution in [0.3, 0.4) is 0 Å². The molecule has 0 N–H and O–H groups in total. The number of ketones is 1. The smallest absolute Gasteiger partial charge is 0.163 e. The van der Waals surface area contributed by atoms with Crippen molar-refractivity contribution in [1.82, 2.24) is 0 Å². The summed E-state index contributed by atoms with van der Waals surface area (Å²) >= 11 is 3.26. The van der Waals surface area contributed by atoms with Gasteiger partial charge >= 0.3 is 0 Å². The monoisotopic (exact) mass is 240 g/mol. The molecule has 70 valence electrons. The lowest BCUT2D eigenvalue weighted by atomic mass is 10.0. The van der Waals surface area contributed by atoms with Crippen LogP contribution in [0, 0.1) is 0 Å². The molecule has 0 aromatic heterocycles. The summed E-state index contributed by atoms with van der Waals surface area (Å²) in [6.07, 6.45) is 1.56. The average Bonchev–Trinajstić information content (AvgIpc) is 2.18. The van der Waals surface area contributed by atoms with E-state index >= 15 is 0 Å². The molecule has 13 heavy (non-hydrogen) atoms. The van der Waals surface area contributed by atoms with Gasteiger partial charge in [0.05, 0.1) is 0 Å². The van der Waals surface area contributed by atoms with Gasteiger partial charge in [-0.25, -0.2) is 0 Å². The Morgan fingerprint density at radius 1 is 1.46 bits per heavy atom. The van der Waals surface area contributed by atoms with Crippen LogP contribution in [0.15, 0.2) is 24.3 Å². The molecule has 0 saturated heterocycles. The number of alkyl halides is 1. The van der Waals surface area contributed by atoms with Gasteiger partial charge in [-0.15, -0.1) is 0 Å². The fourth-order valence-corrected chi connectivity index (χ4v) is 1.55. The van der Waals surface area contributed by atoms with Crippen molar-refractivity contribution < 1.29 is 4.79 Å². The molecule has 1 nitrogen and oxygen atoms in total. The lowest BCUT2D eigenvalue weighted by Crippen LogP contribution is -1.99. The molecule has 0 radical (unpaired) electrons. The molecule has 2 heteroatoms. The molecular formula is C11H13BrO. The van der Waals surface area contributed by atoms with Crippen molar-refractivity contribution >= 4 is 21.7 Å². The molecule has 0 saturated carbocycles. The van der Waals surface area contributed by atoms with Crippen LogP contribution in [0.1, 0.15) is 29.3 Å². The second-order valence-corrected chi connectivity index (χ2v) is 3.71. The molecule has 0 aliphatic carbocycles. The minimum Gasteiger partial charge on any atom is -0.294 e. The number of Topliss-reactive ketones (excluding diaryl/α,β-unsaturated/α-hetero) is 1. The van der Waals surface area contributed by atoms with Crippen molar-refractivity contribution in [2.75, 3.05) is 5.33 Å². The lowest BCUT2D eigenvalue weighted by Gasteiger charge is -2.01. The topological polar surface area (TPSA) is 17.1 Å². The number of aryl methyl sites for hydroxylation is 1. The highest BCUT2D eigenvalue weighted by Gasteiger charge is 2.04. The van der Waals surface area contributed by atoms with Crippen LogP contribution < -0.4 is 0 Å². The molecule has 0 fully saturated rings. The summed E-state index contributed by atoms with van der Waals surface area (Å²) in [6, 6.07) is 7.85. The number of carbonyl (C=O) groups excluding carboxylic acids is 1. The fraction of sp³-hybridized carbons (Fsp3) is 0.364.